The maximum absolute atomic E-state index is 13.5. The SMILES string of the molecule is CC=COCC(CCl)OP(=O)(OC(CCl)COC=CC)c1ccccc1. The van der Waals surface area contributed by atoms with Gasteiger partial charge in [-0.1, -0.05) is 30.4 Å². The monoisotopic (exact) mass is 422 g/mol. The third kappa shape index (κ3) is 8.15. The van der Waals surface area contributed by atoms with E-state index in [4.69, 9.17) is 41.7 Å². The van der Waals surface area contributed by atoms with Crippen LogP contribution in [-0.2, 0) is 23.1 Å². The predicted octanol–water partition coefficient (Wildman–Crippen LogP) is 4.85. The van der Waals surface area contributed by atoms with E-state index in [0.717, 1.165) is 0 Å². The van der Waals surface area contributed by atoms with Gasteiger partial charge in [-0.2, -0.15) is 0 Å². The van der Waals surface area contributed by atoms with Crippen LogP contribution in [0, 0.1) is 0 Å². The van der Waals surface area contributed by atoms with Gasteiger partial charge in [0.25, 0.3) is 0 Å². The van der Waals surface area contributed by atoms with Gasteiger partial charge in [0.1, 0.15) is 25.4 Å². The molecule has 0 aliphatic heterocycles. The molecule has 0 aliphatic carbocycles. The van der Waals surface area contributed by atoms with E-state index in [1.807, 2.05) is 19.9 Å². The summed E-state index contributed by atoms with van der Waals surface area (Å²) >= 11 is 11.9. The molecule has 26 heavy (non-hydrogen) atoms. The number of hydrogen-bond donors (Lipinski definition) is 0. The fourth-order valence-electron chi connectivity index (χ4n) is 1.87. The van der Waals surface area contributed by atoms with Gasteiger partial charge in [0, 0.05) is 0 Å². The molecule has 0 bridgehead atoms. The first kappa shape index (κ1) is 23.1. The molecular weight excluding hydrogens is 398 g/mol. The Labute approximate surface area is 165 Å². The second-order valence-electron chi connectivity index (χ2n) is 5.20. The molecule has 0 aliphatic rings. The molecule has 1 aromatic carbocycles. The van der Waals surface area contributed by atoms with Gasteiger partial charge >= 0.3 is 7.60 Å². The topological polar surface area (TPSA) is 54.0 Å². The van der Waals surface area contributed by atoms with Crippen LogP contribution in [0.25, 0.3) is 0 Å². The van der Waals surface area contributed by atoms with Crippen molar-refractivity contribution in [3.05, 3.63) is 55.0 Å². The van der Waals surface area contributed by atoms with Gasteiger partial charge in [0.2, 0.25) is 0 Å². The van der Waals surface area contributed by atoms with Gasteiger partial charge in [0.05, 0.1) is 29.6 Å². The summed E-state index contributed by atoms with van der Waals surface area (Å²) < 4.78 is 35.7. The van der Waals surface area contributed by atoms with Gasteiger partial charge in [-0.3, -0.25) is 13.6 Å². The second-order valence-corrected chi connectivity index (χ2v) is 7.75. The molecule has 1 aromatic rings. The molecular formula is C18H25Cl2O5P. The number of ether oxygens (including phenoxy) is 2. The van der Waals surface area contributed by atoms with E-state index in [2.05, 4.69) is 0 Å². The molecule has 0 fully saturated rings. The Hall–Kier alpha value is -0.970. The minimum atomic E-state index is -3.69. The fraction of sp³-hybridized carbons (Fsp3) is 0.444. The van der Waals surface area contributed by atoms with Gasteiger partial charge in [-0.05, 0) is 26.0 Å². The molecule has 5 nitrogen and oxygen atoms in total. The summed E-state index contributed by atoms with van der Waals surface area (Å²) in [4.78, 5) is 0. The number of rotatable bonds is 13. The Balaban J connectivity index is 2.96. The molecule has 0 spiro atoms. The van der Waals surface area contributed by atoms with Gasteiger partial charge < -0.3 is 9.47 Å². The van der Waals surface area contributed by atoms with E-state index in [1.54, 1.807) is 36.4 Å². The standard InChI is InChI=1S/C18H25Cl2O5P/c1-3-10-22-14-16(12-19)24-26(21,18-8-6-5-7-9-18)25-17(13-20)15-23-11-4-2/h3-11,16-17H,12-15H2,1-2H3. The van der Waals surface area contributed by atoms with Crippen molar-refractivity contribution in [3.8, 4) is 0 Å². The first-order valence-electron chi connectivity index (χ1n) is 8.19. The van der Waals surface area contributed by atoms with E-state index in [-0.39, 0.29) is 25.0 Å². The van der Waals surface area contributed by atoms with Crippen molar-refractivity contribution in [1.29, 1.82) is 0 Å². The average molecular weight is 423 g/mol. The lowest BCUT2D eigenvalue weighted by Gasteiger charge is -2.26. The maximum atomic E-state index is 13.5. The number of hydrogen-bond acceptors (Lipinski definition) is 5. The second kappa shape index (κ2) is 13.2. The lowest BCUT2D eigenvalue weighted by atomic mass is 10.4. The molecule has 0 N–H and O–H groups in total. The van der Waals surface area contributed by atoms with Gasteiger partial charge in [0.15, 0.2) is 0 Å². The quantitative estimate of drug-likeness (QED) is 0.258. The van der Waals surface area contributed by atoms with Crippen molar-refractivity contribution < 1.29 is 23.1 Å². The Kier molecular flexibility index (Phi) is 11.7. The van der Waals surface area contributed by atoms with Crippen molar-refractivity contribution >= 4 is 36.1 Å². The summed E-state index contributed by atoms with van der Waals surface area (Å²) in [5.41, 5.74) is 0. The van der Waals surface area contributed by atoms with Crippen LogP contribution in [0.5, 0.6) is 0 Å². The van der Waals surface area contributed by atoms with E-state index < -0.39 is 19.8 Å². The van der Waals surface area contributed by atoms with Gasteiger partial charge in [-0.25, -0.2) is 0 Å². The van der Waals surface area contributed by atoms with Crippen LogP contribution in [0.4, 0.5) is 0 Å². The molecule has 0 amide bonds. The number of benzene rings is 1. The Bertz CT molecular complexity index is 565. The van der Waals surface area contributed by atoms with Crippen molar-refractivity contribution in [2.24, 2.45) is 0 Å². The smallest absolute Gasteiger partial charge is 0.362 e. The van der Waals surface area contributed by atoms with E-state index in [0.29, 0.717) is 5.30 Å². The molecule has 2 unspecified atom stereocenters. The third-order valence-electron chi connectivity index (χ3n) is 3.02. The molecule has 0 aromatic heterocycles. The van der Waals surface area contributed by atoms with Crippen LogP contribution in [0.2, 0.25) is 0 Å². The Morgan fingerprint density at radius 1 is 0.923 bits per heavy atom. The molecule has 8 heteroatoms. The summed E-state index contributed by atoms with van der Waals surface area (Å²) in [5, 5.41) is 0.419. The zero-order valence-corrected chi connectivity index (χ0v) is 17.3. The normalized spacial score (nSPS) is 16.5. The zero-order chi connectivity index (χ0) is 19.3. The number of halogens is 2. The summed E-state index contributed by atoms with van der Waals surface area (Å²) in [6.45, 7) is 3.94. The van der Waals surface area contributed by atoms with Gasteiger partial charge in [-0.15, -0.1) is 23.2 Å². The third-order valence-corrected chi connectivity index (χ3v) is 5.79. The van der Waals surface area contributed by atoms with E-state index >= 15 is 0 Å². The molecule has 0 saturated heterocycles. The largest absolute Gasteiger partial charge is 0.499 e. The van der Waals surface area contributed by atoms with Crippen molar-refractivity contribution in [2.45, 2.75) is 26.1 Å². The van der Waals surface area contributed by atoms with E-state index in [9.17, 15) is 4.57 Å². The predicted molar refractivity (Wildman–Crippen MR) is 106 cm³/mol. The summed E-state index contributed by atoms with van der Waals surface area (Å²) in [6.07, 6.45) is 5.27. The van der Waals surface area contributed by atoms with Crippen molar-refractivity contribution in [3.63, 3.8) is 0 Å². The molecule has 1 rings (SSSR count). The lowest BCUT2D eigenvalue weighted by molar-refractivity contribution is 0.0675. The highest BCUT2D eigenvalue weighted by molar-refractivity contribution is 7.62. The Morgan fingerprint density at radius 2 is 1.38 bits per heavy atom. The van der Waals surface area contributed by atoms with Crippen LogP contribution < -0.4 is 5.30 Å². The van der Waals surface area contributed by atoms with Crippen LogP contribution >= 0.6 is 30.8 Å². The van der Waals surface area contributed by atoms with Crippen LogP contribution in [-0.4, -0.2) is 37.2 Å². The summed E-state index contributed by atoms with van der Waals surface area (Å²) in [7, 11) is -3.69. The molecule has 0 heterocycles. The highest BCUT2D eigenvalue weighted by atomic mass is 35.5. The number of allylic oxidation sites excluding steroid dienone is 2. The first-order valence-corrected chi connectivity index (χ1v) is 10.8. The van der Waals surface area contributed by atoms with E-state index in [1.165, 1.54) is 12.5 Å². The summed E-state index contributed by atoms with van der Waals surface area (Å²) in [6, 6.07) is 8.68. The van der Waals surface area contributed by atoms with Crippen LogP contribution in [0.3, 0.4) is 0 Å². The minimum absolute atomic E-state index is 0.0956. The average Bonchev–Trinajstić information content (AvgIpc) is 2.67. The Morgan fingerprint density at radius 3 is 1.77 bits per heavy atom. The number of alkyl halides is 2. The maximum Gasteiger partial charge on any atom is 0.362 e. The van der Waals surface area contributed by atoms with Crippen molar-refractivity contribution in [2.75, 3.05) is 25.0 Å². The zero-order valence-electron chi connectivity index (χ0n) is 14.9. The van der Waals surface area contributed by atoms with Crippen molar-refractivity contribution in [1.82, 2.24) is 0 Å². The fourth-order valence-corrected chi connectivity index (χ4v) is 4.24. The molecule has 146 valence electrons. The highest BCUT2D eigenvalue weighted by Gasteiger charge is 2.34. The molecule has 2 atom stereocenters. The highest BCUT2D eigenvalue weighted by Crippen LogP contribution is 2.49. The molecule has 0 radical (unpaired) electrons. The van der Waals surface area contributed by atoms with Crippen LogP contribution in [0.1, 0.15) is 13.8 Å². The minimum Gasteiger partial charge on any atom is -0.499 e. The van der Waals surface area contributed by atoms with Crippen LogP contribution in [0.15, 0.2) is 55.0 Å². The summed E-state index contributed by atoms with van der Waals surface area (Å²) in [5.74, 6) is 0.191. The molecule has 0 saturated carbocycles. The first-order chi connectivity index (χ1) is 12.6. The lowest BCUT2D eigenvalue weighted by Crippen LogP contribution is -2.28.